The van der Waals surface area contributed by atoms with Crippen LogP contribution in [0.3, 0.4) is 0 Å². The van der Waals surface area contributed by atoms with E-state index in [0.717, 1.165) is 19.4 Å². The molecule has 0 aliphatic carbocycles. The van der Waals surface area contributed by atoms with E-state index in [0.29, 0.717) is 0 Å². The summed E-state index contributed by atoms with van der Waals surface area (Å²) in [6, 6.07) is 0.238. The second-order valence-corrected chi connectivity index (χ2v) is 2.47. The minimum absolute atomic E-state index is 0.238. The summed E-state index contributed by atoms with van der Waals surface area (Å²) < 4.78 is 0. The number of nitrogens with zero attached hydrogens (tertiary/aromatic N) is 1. The maximum atomic E-state index is 10.3. The van der Waals surface area contributed by atoms with Gasteiger partial charge in [0.05, 0.1) is 0 Å². The first-order chi connectivity index (χ1) is 5.22. The molecule has 1 amide bonds. The van der Waals surface area contributed by atoms with Gasteiger partial charge in [0.2, 0.25) is 0 Å². The molecule has 0 aromatic heterocycles. The Bertz CT molecular complexity index is 125. The fourth-order valence-corrected chi connectivity index (χ4v) is 1.22. The zero-order valence-corrected chi connectivity index (χ0v) is 7.50. The van der Waals surface area contributed by atoms with Gasteiger partial charge in [0.1, 0.15) is 0 Å². The molecule has 0 aromatic rings. The van der Waals surface area contributed by atoms with Crippen LogP contribution in [-0.2, 0) is 0 Å². The summed E-state index contributed by atoms with van der Waals surface area (Å²) in [6.45, 7) is 6.66. The van der Waals surface area contributed by atoms with Crippen molar-refractivity contribution in [1.82, 2.24) is 4.90 Å². The molecule has 1 N–H and O–H groups in total. The van der Waals surface area contributed by atoms with Crippen molar-refractivity contribution in [1.29, 1.82) is 0 Å². The van der Waals surface area contributed by atoms with E-state index in [-0.39, 0.29) is 6.04 Å². The molecule has 1 atom stereocenters. The third-order valence-corrected chi connectivity index (χ3v) is 1.80. The standard InChI is InChI=1S/C6H11NO2.C2H6/c1-5-3-2-4-7(5)6(8)9;1-2/h5H,2-4H2,1H3,(H,8,9);1-2H3. The topological polar surface area (TPSA) is 40.5 Å². The lowest BCUT2D eigenvalue weighted by Crippen LogP contribution is -2.31. The zero-order chi connectivity index (χ0) is 8.85. The maximum Gasteiger partial charge on any atom is 0.407 e. The highest BCUT2D eigenvalue weighted by atomic mass is 16.4. The summed E-state index contributed by atoms with van der Waals surface area (Å²) in [4.78, 5) is 11.8. The van der Waals surface area contributed by atoms with Gasteiger partial charge in [-0.15, -0.1) is 0 Å². The van der Waals surface area contributed by atoms with Crippen LogP contribution in [0.15, 0.2) is 0 Å². The molecule has 1 unspecified atom stereocenters. The first-order valence-electron chi connectivity index (χ1n) is 4.21. The van der Waals surface area contributed by atoms with Crippen LogP contribution >= 0.6 is 0 Å². The van der Waals surface area contributed by atoms with E-state index in [1.165, 1.54) is 4.90 Å². The van der Waals surface area contributed by atoms with E-state index in [1.807, 2.05) is 20.8 Å². The predicted molar refractivity (Wildman–Crippen MR) is 44.8 cm³/mol. The van der Waals surface area contributed by atoms with Crippen LogP contribution in [0.4, 0.5) is 4.79 Å². The number of carboxylic acid groups (broad SMARTS) is 1. The number of hydrogen-bond donors (Lipinski definition) is 1. The molecule has 0 saturated carbocycles. The van der Waals surface area contributed by atoms with Gasteiger partial charge in [0.15, 0.2) is 0 Å². The van der Waals surface area contributed by atoms with E-state index in [2.05, 4.69) is 0 Å². The fraction of sp³-hybridized carbons (Fsp3) is 0.875. The predicted octanol–water partition coefficient (Wildman–Crippen LogP) is 2.17. The minimum atomic E-state index is -0.778. The number of hydrogen-bond acceptors (Lipinski definition) is 1. The van der Waals surface area contributed by atoms with Crippen LogP contribution < -0.4 is 0 Å². The molecule has 66 valence electrons. The van der Waals surface area contributed by atoms with E-state index < -0.39 is 6.09 Å². The molecule has 0 aromatic carbocycles. The lowest BCUT2D eigenvalue weighted by molar-refractivity contribution is 0.143. The minimum Gasteiger partial charge on any atom is -0.465 e. The summed E-state index contributed by atoms with van der Waals surface area (Å²) in [7, 11) is 0. The molecule has 1 fully saturated rings. The summed E-state index contributed by atoms with van der Waals surface area (Å²) in [5.74, 6) is 0. The van der Waals surface area contributed by atoms with Crippen molar-refractivity contribution in [3.63, 3.8) is 0 Å². The highest BCUT2D eigenvalue weighted by Crippen LogP contribution is 2.15. The Morgan fingerprint density at radius 1 is 1.55 bits per heavy atom. The van der Waals surface area contributed by atoms with Gasteiger partial charge in [-0.05, 0) is 19.8 Å². The molecule has 0 spiro atoms. The van der Waals surface area contributed by atoms with E-state index in [9.17, 15) is 4.79 Å². The molecule has 0 bridgehead atoms. The fourth-order valence-electron chi connectivity index (χ4n) is 1.22. The summed E-state index contributed by atoms with van der Waals surface area (Å²) in [6.07, 6.45) is 1.26. The molecular formula is C8H17NO2. The van der Waals surface area contributed by atoms with Gasteiger partial charge in [-0.2, -0.15) is 0 Å². The van der Waals surface area contributed by atoms with Crippen molar-refractivity contribution >= 4 is 6.09 Å². The molecule has 1 aliphatic heterocycles. The van der Waals surface area contributed by atoms with Gasteiger partial charge in [-0.1, -0.05) is 13.8 Å². The average Bonchev–Trinajstić information content (AvgIpc) is 2.39. The Morgan fingerprint density at radius 3 is 2.27 bits per heavy atom. The number of likely N-dealkylation sites (tertiary alicyclic amines) is 1. The van der Waals surface area contributed by atoms with Crippen LogP contribution in [0.1, 0.15) is 33.6 Å². The third-order valence-electron chi connectivity index (χ3n) is 1.80. The van der Waals surface area contributed by atoms with Gasteiger partial charge in [0, 0.05) is 12.6 Å². The first-order valence-corrected chi connectivity index (χ1v) is 4.21. The molecule has 1 saturated heterocycles. The molecule has 3 heteroatoms. The molecule has 1 rings (SSSR count). The third kappa shape index (κ3) is 2.78. The summed E-state index contributed by atoms with van der Waals surface area (Å²) in [5, 5.41) is 8.51. The van der Waals surface area contributed by atoms with Crippen molar-refractivity contribution in [2.24, 2.45) is 0 Å². The number of rotatable bonds is 0. The van der Waals surface area contributed by atoms with Gasteiger partial charge >= 0.3 is 6.09 Å². The van der Waals surface area contributed by atoms with E-state index >= 15 is 0 Å². The first kappa shape index (κ1) is 10.3. The molecule has 1 heterocycles. The molecule has 1 aliphatic rings. The normalized spacial score (nSPS) is 22.5. The smallest absolute Gasteiger partial charge is 0.407 e. The second kappa shape index (κ2) is 4.99. The van der Waals surface area contributed by atoms with Gasteiger partial charge in [0.25, 0.3) is 0 Å². The Labute approximate surface area is 68.0 Å². The zero-order valence-electron chi connectivity index (χ0n) is 7.50. The van der Waals surface area contributed by atoms with Crippen molar-refractivity contribution < 1.29 is 9.90 Å². The number of amides is 1. The monoisotopic (exact) mass is 159 g/mol. The van der Waals surface area contributed by atoms with Gasteiger partial charge < -0.3 is 10.0 Å². The van der Waals surface area contributed by atoms with Crippen molar-refractivity contribution in [2.75, 3.05) is 6.54 Å². The Kier molecular flexibility index (Phi) is 4.66. The number of carbonyl (C=O) groups is 1. The quantitative estimate of drug-likeness (QED) is 0.588. The summed E-state index contributed by atoms with van der Waals surface area (Å²) >= 11 is 0. The lowest BCUT2D eigenvalue weighted by Gasteiger charge is -2.16. The van der Waals surface area contributed by atoms with Gasteiger partial charge in [-0.3, -0.25) is 0 Å². The molecule has 11 heavy (non-hydrogen) atoms. The SMILES string of the molecule is CC.CC1CCCN1C(=O)O. The Hall–Kier alpha value is -0.730. The Balaban J connectivity index is 0.000000461. The molecular weight excluding hydrogens is 142 g/mol. The van der Waals surface area contributed by atoms with Crippen molar-refractivity contribution in [2.45, 2.75) is 39.7 Å². The van der Waals surface area contributed by atoms with Crippen molar-refractivity contribution in [3.8, 4) is 0 Å². The van der Waals surface area contributed by atoms with Crippen LogP contribution in [-0.4, -0.2) is 28.7 Å². The van der Waals surface area contributed by atoms with Crippen molar-refractivity contribution in [3.05, 3.63) is 0 Å². The summed E-state index contributed by atoms with van der Waals surface area (Å²) in [5.41, 5.74) is 0. The second-order valence-electron chi connectivity index (χ2n) is 2.47. The van der Waals surface area contributed by atoms with E-state index in [4.69, 9.17) is 5.11 Å². The highest BCUT2D eigenvalue weighted by Gasteiger charge is 2.23. The van der Waals surface area contributed by atoms with Crippen LogP contribution in [0.5, 0.6) is 0 Å². The average molecular weight is 159 g/mol. The Morgan fingerprint density at radius 2 is 2.09 bits per heavy atom. The van der Waals surface area contributed by atoms with Crippen LogP contribution in [0.2, 0.25) is 0 Å². The van der Waals surface area contributed by atoms with Gasteiger partial charge in [-0.25, -0.2) is 4.79 Å². The van der Waals surface area contributed by atoms with E-state index in [1.54, 1.807) is 0 Å². The maximum absolute atomic E-state index is 10.3. The van der Waals surface area contributed by atoms with Crippen LogP contribution in [0, 0.1) is 0 Å². The molecule has 3 nitrogen and oxygen atoms in total. The van der Waals surface area contributed by atoms with Crippen LogP contribution in [0.25, 0.3) is 0 Å². The highest BCUT2D eigenvalue weighted by molar-refractivity contribution is 5.65. The molecule has 0 radical (unpaired) electrons. The largest absolute Gasteiger partial charge is 0.465 e. The lowest BCUT2D eigenvalue weighted by atomic mass is 10.2.